The summed E-state index contributed by atoms with van der Waals surface area (Å²) >= 11 is 0. The number of benzene rings is 3. The summed E-state index contributed by atoms with van der Waals surface area (Å²) in [4.78, 5) is 26.8. The monoisotopic (exact) mass is 386 g/mol. The van der Waals surface area contributed by atoms with Crippen LogP contribution < -0.4 is 4.74 Å². The number of rotatable bonds is 5. The largest absolute Gasteiger partial charge is 0.457 e. The Morgan fingerprint density at radius 2 is 1.69 bits per heavy atom. The van der Waals surface area contributed by atoms with Crippen LogP contribution in [0.2, 0.25) is 0 Å². The van der Waals surface area contributed by atoms with Gasteiger partial charge < -0.3 is 9.47 Å². The first kappa shape index (κ1) is 18.1. The summed E-state index contributed by atoms with van der Waals surface area (Å²) in [6.45, 7) is 0. The minimum atomic E-state index is -0.624. The number of para-hydroxylation sites is 1. The molecule has 0 radical (unpaired) electrons. The van der Waals surface area contributed by atoms with Crippen molar-refractivity contribution in [2.75, 3.05) is 0 Å². The van der Waals surface area contributed by atoms with Crippen molar-refractivity contribution in [2.45, 2.75) is 0 Å². The number of nitro groups is 1. The van der Waals surface area contributed by atoms with Crippen molar-refractivity contribution < 1.29 is 19.2 Å². The average molecular weight is 386 g/mol. The quantitative estimate of drug-likeness (QED) is 0.274. The van der Waals surface area contributed by atoms with Crippen LogP contribution in [0.1, 0.15) is 11.1 Å². The molecule has 0 aliphatic carbocycles. The zero-order valence-corrected chi connectivity index (χ0v) is 15.0. The van der Waals surface area contributed by atoms with Crippen molar-refractivity contribution in [3.05, 3.63) is 106 Å². The Kier molecular flexibility index (Phi) is 4.86. The van der Waals surface area contributed by atoms with Crippen molar-refractivity contribution in [3.8, 4) is 11.5 Å². The first-order valence-corrected chi connectivity index (χ1v) is 8.69. The fourth-order valence-corrected chi connectivity index (χ4v) is 2.74. The zero-order chi connectivity index (χ0) is 20.2. The summed E-state index contributed by atoms with van der Waals surface area (Å²) in [5, 5.41) is 10.9. The lowest BCUT2D eigenvalue weighted by molar-refractivity contribution is -0.384. The first-order valence-electron chi connectivity index (χ1n) is 8.69. The molecule has 0 amide bonds. The van der Waals surface area contributed by atoms with Gasteiger partial charge >= 0.3 is 5.97 Å². The Balaban J connectivity index is 1.59. The van der Waals surface area contributed by atoms with E-state index in [1.807, 2.05) is 30.3 Å². The zero-order valence-electron chi connectivity index (χ0n) is 15.0. The van der Waals surface area contributed by atoms with Gasteiger partial charge in [0, 0.05) is 17.7 Å². The number of aliphatic imine (C=N–C) groups is 1. The number of non-ortho nitro benzene ring substituents is 1. The van der Waals surface area contributed by atoms with E-state index < -0.39 is 10.9 Å². The summed E-state index contributed by atoms with van der Waals surface area (Å²) in [6.07, 6.45) is 1.57. The van der Waals surface area contributed by atoms with Crippen LogP contribution in [0.15, 0.2) is 89.6 Å². The Hall–Kier alpha value is -4.26. The summed E-state index contributed by atoms with van der Waals surface area (Å²) in [6, 6.07) is 22.3. The van der Waals surface area contributed by atoms with Gasteiger partial charge in [-0.2, -0.15) is 0 Å². The van der Waals surface area contributed by atoms with Gasteiger partial charge in [-0.05, 0) is 42.0 Å². The first-order chi connectivity index (χ1) is 14.1. The van der Waals surface area contributed by atoms with Crippen LogP contribution in [0.5, 0.6) is 11.5 Å². The molecule has 0 bridgehead atoms. The van der Waals surface area contributed by atoms with Crippen LogP contribution in [0, 0.1) is 10.1 Å². The number of nitrogens with zero attached hydrogens (tertiary/aromatic N) is 2. The Labute approximate surface area is 165 Å². The van der Waals surface area contributed by atoms with E-state index in [0.717, 1.165) is 0 Å². The van der Waals surface area contributed by atoms with Gasteiger partial charge in [-0.15, -0.1) is 0 Å². The molecule has 3 aromatic rings. The van der Waals surface area contributed by atoms with E-state index in [4.69, 9.17) is 9.47 Å². The van der Waals surface area contributed by atoms with Gasteiger partial charge in [0.25, 0.3) is 5.69 Å². The molecule has 0 aromatic heterocycles. The van der Waals surface area contributed by atoms with Crippen LogP contribution in [0.3, 0.4) is 0 Å². The van der Waals surface area contributed by atoms with Gasteiger partial charge in [0.05, 0.1) is 4.92 Å². The third-order valence-corrected chi connectivity index (χ3v) is 4.06. The molecule has 29 heavy (non-hydrogen) atoms. The minimum Gasteiger partial charge on any atom is -0.457 e. The number of ether oxygens (including phenoxy) is 2. The van der Waals surface area contributed by atoms with Gasteiger partial charge in [0.1, 0.15) is 11.5 Å². The molecule has 0 atom stereocenters. The molecule has 0 N–H and O–H groups in total. The van der Waals surface area contributed by atoms with Crippen molar-refractivity contribution in [2.24, 2.45) is 4.99 Å². The summed E-state index contributed by atoms with van der Waals surface area (Å²) < 4.78 is 11.0. The molecule has 0 saturated carbocycles. The number of carbonyl (C=O) groups is 1. The number of nitro benzene ring substituents is 1. The fraction of sp³-hybridized carbons (Fsp3) is 0. The summed E-state index contributed by atoms with van der Waals surface area (Å²) in [5.41, 5.74) is 1.05. The minimum absolute atomic E-state index is 0.0293. The van der Waals surface area contributed by atoms with Crippen molar-refractivity contribution in [3.63, 3.8) is 0 Å². The topological polar surface area (TPSA) is 91.0 Å². The van der Waals surface area contributed by atoms with Crippen LogP contribution in [0.4, 0.5) is 5.69 Å². The van der Waals surface area contributed by atoms with Gasteiger partial charge in [0.15, 0.2) is 5.70 Å². The van der Waals surface area contributed by atoms with E-state index in [0.29, 0.717) is 22.6 Å². The number of carbonyl (C=O) groups excluding carboxylic acids is 1. The molecule has 1 heterocycles. The summed E-state index contributed by atoms with van der Waals surface area (Å²) in [7, 11) is 0. The number of hydrogen-bond acceptors (Lipinski definition) is 6. The van der Waals surface area contributed by atoms with E-state index >= 15 is 0 Å². The van der Waals surface area contributed by atoms with Crippen LogP contribution in [-0.4, -0.2) is 16.8 Å². The third-order valence-electron chi connectivity index (χ3n) is 4.06. The maximum Gasteiger partial charge on any atom is 0.363 e. The highest BCUT2D eigenvalue weighted by Gasteiger charge is 2.25. The molecule has 4 rings (SSSR count). The molecule has 1 aliphatic rings. The third kappa shape index (κ3) is 4.19. The maximum absolute atomic E-state index is 12.2. The fourth-order valence-electron chi connectivity index (χ4n) is 2.74. The normalized spacial score (nSPS) is 14.4. The lowest BCUT2D eigenvalue weighted by Crippen LogP contribution is -2.05. The lowest BCUT2D eigenvalue weighted by atomic mass is 10.2. The average Bonchev–Trinajstić information content (AvgIpc) is 3.09. The summed E-state index contributed by atoms with van der Waals surface area (Å²) in [5.74, 6) is 0.714. The molecule has 142 valence electrons. The van der Waals surface area contributed by atoms with Gasteiger partial charge in [-0.1, -0.05) is 36.4 Å². The van der Waals surface area contributed by atoms with E-state index in [2.05, 4.69) is 4.99 Å². The van der Waals surface area contributed by atoms with Gasteiger partial charge in [-0.3, -0.25) is 10.1 Å². The standard InChI is InChI=1S/C22H14N2O5/c25-22-20(23-21(29-22)16-7-5-8-17(14-16)24(26)27)13-15-6-4-11-19(12-15)28-18-9-2-1-3-10-18/h1-14H/b20-13-. The lowest BCUT2D eigenvalue weighted by Gasteiger charge is -2.05. The Bertz CT molecular complexity index is 1150. The molecule has 3 aromatic carbocycles. The smallest absolute Gasteiger partial charge is 0.363 e. The highest BCUT2D eigenvalue weighted by Crippen LogP contribution is 2.25. The molecule has 1 aliphatic heterocycles. The van der Waals surface area contributed by atoms with Gasteiger partial charge in [0.2, 0.25) is 5.90 Å². The van der Waals surface area contributed by atoms with E-state index in [1.54, 1.807) is 36.4 Å². The van der Waals surface area contributed by atoms with Crippen molar-refractivity contribution in [1.82, 2.24) is 0 Å². The Morgan fingerprint density at radius 1 is 0.931 bits per heavy atom. The predicted molar refractivity (Wildman–Crippen MR) is 107 cm³/mol. The molecule has 7 nitrogen and oxygen atoms in total. The van der Waals surface area contributed by atoms with Crippen LogP contribution in [0.25, 0.3) is 6.08 Å². The number of cyclic esters (lactones) is 1. The highest BCUT2D eigenvalue weighted by molar-refractivity contribution is 6.13. The van der Waals surface area contributed by atoms with E-state index in [-0.39, 0.29) is 17.3 Å². The SMILES string of the molecule is O=C1OC(c2cccc([N+](=O)[O-])c2)=N/C1=C\c1cccc(Oc2ccccc2)c1. The van der Waals surface area contributed by atoms with Gasteiger partial charge in [-0.25, -0.2) is 9.79 Å². The second-order valence-corrected chi connectivity index (χ2v) is 6.13. The Morgan fingerprint density at radius 3 is 2.48 bits per heavy atom. The molecular weight excluding hydrogens is 372 g/mol. The molecule has 7 heteroatoms. The second kappa shape index (κ2) is 7.77. The number of esters is 1. The molecule has 0 unspecified atom stereocenters. The van der Waals surface area contributed by atoms with Crippen LogP contribution >= 0.6 is 0 Å². The molecule has 0 saturated heterocycles. The van der Waals surface area contributed by atoms with E-state index in [9.17, 15) is 14.9 Å². The second-order valence-electron chi connectivity index (χ2n) is 6.13. The van der Waals surface area contributed by atoms with E-state index in [1.165, 1.54) is 18.2 Å². The maximum atomic E-state index is 12.2. The predicted octanol–water partition coefficient (Wildman–Crippen LogP) is 4.73. The van der Waals surface area contributed by atoms with Crippen LogP contribution in [-0.2, 0) is 9.53 Å². The molecule has 0 spiro atoms. The molecule has 0 fully saturated rings. The van der Waals surface area contributed by atoms with Crippen molar-refractivity contribution in [1.29, 1.82) is 0 Å². The van der Waals surface area contributed by atoms with Crippen molar-refractivity contribution >= 4 is 23.6 Å². The highest BCUT2D eigenvalue weighted by atomic mass is 16.6. The number of hydrogen-bond donors (Lipinski definition) is 0. The molecular formula is C22H14N2O5.